The molecular weight excluding hydrogens is 282 g/mol. The molecule has 0 aromatic carbocycles. The molecule has 3 heterocycles. The molecule has 0 radical (unpaired) electrons. The molecule has 3 rings (SSSR count). The molecule has 1 N–H and O–H groups in total. The average Bonchev–Trinajstić information content (AvgIpc) is 2.94. The van der Waals surface area contributed by atoms with E-state index in [9.17, 15) is 13.6 Å². The lowest BCUT2D eigenvalue weighted by atomic mass is 10.1. The Morgan fingerprint density at radius 3 is 3.14 bits per heavy atom. The number of pyridine rings is 1. The highest BCUT2D eigenvalue weighted by atomic mass is 19.3. The van der Waals surface area contributed by atoms with E-state index < -0.39 is 6.61 Å². The van der Waals surface area contributed by atoms with Crippen LogP contribution in [0.2, 0.25) is 0 Å². The number of hydrogen-bond donors (Lipinski definition) is 1. The number of aromatic amines is 1. The van der Waals surface area contributed by atoms with Gasteiger partial charge in [-0.1, -0.05) is 0 Å². The van der Waals surface area contributed by atoms with Crippen LogP contribution in [-0.2, 0) is 6.42 Å². The van der Waals surface area contributed by atoms with E-state index in [1.165, 1.54) is 18.3 Å². The maximum Gasteiger partial charge on any atom is 0.388 e. The SMILES string of the molecule is O=C(c1ccnc(OC(F)F)c1)N1CCCc2[nH]ncc21. The molecular formula is C13H12F2N4O2. The molecule has 0 spiro atoms. The fourth-order valence-corrected chi connectivity index (χ4v) is 2.32. The van der Waals surface area contributed by atoms with E-state index in [0.29, 0.717) is 6.54 Å². The molecule has 6 nitrogen and oxygen atoms in total. The number of carbonyl (C=O) groups is 1. The summed E-state index contributed by atoms with van der Waals surface area (Å²) < 4.78 is 28.6. The van der Waals surface area contributed by atoms with Crippen molar-refractivity contribution in [2.45, 2.75) is 19.5 Å². The third-order valence-electron chi connectivity index (χ3n) is 3.23. The number of hydrogen-bond acceptors (Lipinski definition) is 4. The second-order valence-electron chi connectivity index (χ2n) is 4.56. The second kappa shape index (κ2) is 5.47. The molecule has 8 heteroatoms. The number of nitrogens with one attached hydrogen (secondary N) is 1. The number of aryl methyl sites for hydroxylation is 1. The van der Waals surface area contributed by atoms with Crippen molar-refractivity contribution in [2.75, 3.05) is 11.4 Å². The Balaban J connectivity index is 1.86. The van der Waals surface area contributed by atoms with Gasteiger partial charge in [0, 0.05) is 24.4 Å². The van der Waals surface area contributed by atoms with Crippen LogP contribution in [0.1, 0.15) is 22.5 Å². The molecule has 1 aliphatic rings. The molecule has 1 aliphatic heterocycles. The first kappa shape index (κ1) is 13.5. The lowest BCUT2D eigenvalue weighted by molar-refractivity contribution is -0.0528. The van der Waals surface area contributed by atoms with E-state index >= 15 is 0 Å². The van der Waals surface area contributed by atoms with Gasteiger partial charge in [-0.3, -0.25) is 9.89 Å². The monoisotopic (exact) mass is 294 g/mol. The minimum atomic E-state index is -2.97. The molecule has 2 aromatic heterocycles. The van der Waals surface area contributed by atoms with Gasteiger partial charge in [0.25, 0.3) is 5.91 Å². The first-order valence-electron chi connectivity index (χ1n) is 6.40. The number of ether oxygens (including phenoxy) is 1. The molecule has 110 valence electrons. The van der Waals surface area contributed by atoms with Gasteiger partial charge in [0.1, 0.15) is 0 Å². The second-order valence-corrected chi connectivity index (χ2v) is 4.56. The molecule has 0 fully saturated rings. The van der Waals surface area contributed by atoms with E-state index in [2.05, 4.69) is 19.9 Å². The van der Waals surface area contributed by atoms with Crippen LogP contribution in [0.5, 0.6) is 5.88 Å². The summed E-state index contributed by atoms with van der Waals surface area (Å²) in [6.07, 6.45) is 4.50. The maximum atomic E-state index is 12.5. The molecule has 0 aliphatic carbocycles. The zero-order valence-corrected chi connectivity index (χ0v) is 10.9. The summed E-state index contributed by atoms with van der Waals surface area (Å²) in [5.74, 6) is -0.570. The van der Waals surface area contributed by atoms with Crippen molar-refractivity contribution in [1.29, 1.82) is 0 Å². The van der Waals surface area contributed by atoms with Crippen molar-refractivity contribution in [3.8, 4) is 5.88 Å². The molecule has 2 aromatic rings. The molecule has 0 bridgehead atoms. The van der Waals surface area contributed by atoms with Crippen LogP contribution in [0.25, 0.3) is 0 Å². The summed E-state index contributed by atoms with van der Waals surface area (Å²) in [5, 5.41) is 6.78. The van der Waals surface area contributed by atoms with Crippen molar-refractivity contribution < 1.29 is 18.3 Å². The minimum Gasteiger partial charge on any atom is -0.417 e. The van der Waals surface area contributed by atoms with Gasteiger partial charge in [-0.25, -0.2) is 4.98 Å². The Hall–Kier alpha value is -2.51. The smallest absolute Gasteiger partial charge is 0.388 e. The fourth-order valence-electron chi connectivity index (χ4n) is 2.32. The van der Waals surface area contributed by atoms with Gasteiger partial charge in [0.05, 0.1) is 17.6 Å². The number of carbonyl (C=O) groups excluding carboxylic acids is 1. The molecule has 1 amide bonds. The van der Waals surface area contributed by atoms with Gasteiger partial charge < -0.3 is 9.64 Å². The topological polar surface area (TPSA) is 71.1 Å². The minimum absolute atomic E-state index is 0.245. The number of alkyl halides is 2. The van der Waals surface area contributed by atoms with E-state index in [1.807, 2.05) is 0 Å². The van der Waals surface area contributed by atoms with Crippen molar-refractivity contribution in [2.24, 2.45) is 0 Å². The van der Waals surface area contributed by atoms with Crippen LogP contribution in [-0.4, -0.2) is 34.2 Å². The first-order valence-corrected chi connectivity index (χ1v) is 6.40. The third-order valence-corrected chi connectivity index (χ3v) is 3.23. The summed E-state index contributed by atoms with van der Waals surface area (Å²) in [6.45, 7) is -2.42. The van der Waals surface area contributed by atoms with E-state index in [4.69, 9.17) is 0 Å². The van der Waals surface area contributed by atoms with E-state index in [0.717, 1.165) is 24.2 Å². The van der Waals surface area contributed by atoms with Crippen LogP contribution >= 0.6 is 0 Å². The summed E-state index contributed by atoms with van der Waals surface area (Å²) in [5.41, 5.74) is 1.86. The summed E-state index contributed by atoms with van der Waals surface area (Å²) >= 11 is 0. The van der Waals surface area contributed by atoms with Gasteiger partial charge in [-0.2, -0.15) is 13.9 Å². The highest BCUT2D eigenvalue weighted by Gasteiger charge is 2.25. The molecule has 21 heavy (non-hydrogen) atoms. The maximum absolute atomic E-state index is 12.5. The number of aromatic nitrogens is 3. The number of anilines is 1. The number of fused-ring (bicyclic) bond motifs is 1. The van der Waals surface area contributed by atoms with Gasteiger partial charge in [-0.05, 0) is 18.9 Å². The van der Waals surface area contributed by atoms with Crippen LogP contribution in [0.3, 0.4) is 0 Å². The van der Waals surface area contributed by atoms with Crippen molar-refractivity contribution >= 4 is 11.6 Å². The Morgan fingerprint density at radius 2 is 2.33 bits per heavy atom. The zero-order valence-electron chi connectivity index (χ0n) is 10.9. The number of halogens is 2. The van der Waals surface area contributed by atoms with Crippen molar-refractivity contribution in [3.05, 3.63) is 35.8 Å². The predicted octanol–water partition coefficient (Wildman–Crippen LogP) is 2.00. The largest absolute Gasteiger partial charge is 0.417 e. The summed E-state index contributed by atoms with van der Waals surface area (Å²) in [7, 11) is 0. The van der Waals surface area contributed by atoms with Crippen LogP contribution < -0.4 is 9.64 Å². The standard InChI is InChI=1S/C13H12F2N4O2/c14-13(15)21-11-6-8(3-4-16-11)12(20)19-5-1-2-9-10(19)7-17-18-9/h3-4,6-7,13H,1-2,5H2,(H,17,18). The van der Waals surface area contributed by atoms with Crippen molar-refractivity contribution in [1.82, 2.24) is 15.2 Å². The van der Waals surface area contributed by atoms with Gasteiger partial charge in [0.15, 0.2) is 0 Å². The average molecular weight is 294 g/mol. The van der Waals surface area contributed by atoms with Gasteiger partial charge in [-0.15, -0.1) is 0 Å². The molecule has 0 unspecified atom stereocenters. The van der Waals surface area contributed by atoms with Crippen LogP contribution in [0, 0.1) is 0 Å². The number of H-pyrrole nitrogens is 1. The van der Waals surface area contributed by atoms with Crippen molar-refractivity contribution in [3.63, 3.8) is 0 Å². The molecule has 0 saturated carbocycles. The number of rotatable bonds is 3. The Morgan fingerprint density at radius 1 is 1.48 bits per heavy atom. The summed E-state index contributed by atoms with van der Waals surface area (Å²) in [6, 6.07) is 2.68. The predicted molar refractivity (Wildman–Crippen MR) is 69.5 cm³/mol. The Bertz CT molecular complexity index is 659. The Labute approximate surface area is 118 Å². The number of amides is 1. The Kier molecular flexibility index (Phi) is 3.51. The quantitative estimate of drug-likeness (QED) is 0.940. The molecule has 0 atom stereocenters. The molecule has 0 saturated heterocycles. The highest BCUT2D eigenvalue weighted by Crippen LogP contribution is 2.26. The van der Waals surface area contributed by atoms with Crippen LogP contribution in [0.15, 0.2) is 24.5 Å². The highest BCUT2D eigenvalue weighted by molar-refractivity contribution is 6.06. The third kappa shape index (κ3) is 2.69. The number of nitrogens with zero attached hydrogens (tertiary/aromatic N) is 3. The van der Waals surface area contributed by atoms with E-state index in [-0.39, 0.29) is 17.4 Å². The van der Waals surface area contributed by atoms with Gasteiger partial charge in [0.2, 0.25) is 5.88 Å². The fraction of sp³-hybridized carbons (Fsp3) is 0.308. The first-order chi connectivity index (χ1) is 10.1. The zero-order chi connectivity index (χ0) is 14.8. The lowest BCUT2D eigenvalue weighted by Gasteiger charge is -2.26. The normalized spacial score (nSPS) is 14.1. The lowest BCUT2D eigenvalue weighted by Crippen LogP contribution is -2.35. The van der Waals surface area contributed by atoms with Gasteiger partial charge >= 0.3 is 6.61 Å². The van der Waals surface area contributed by atoms with Crippen LogP contribution in [0.4, 0.5) is 14.5 Å². The summed E-state index contributed by atoms with van der Waals surface area (Å²) in [4.78, 5) is 17.7. The van der Waals surface area contributed by atoms with E-state index in [1.54, 1.807) is 11.1 Å².